The maximum atomic E-state index is 12.3. The summed E-state index contributed by atoms with van der Waals surface area (Å²) in [6.07, 6.45) is 0.945. The summed E-state index contributed by atoms with van der Waals surface area (Å²) in [5, 5.41) is 2.69. The maximum Gasteiger partial charge on any atom is 0.242 e. The van der Waals surface area contributed by atoms with Crippen molar-refractivity contribution < 1.29 is 13.2 Å². The molecule has 0 aliphatic rings. The van der Waals surface area contributed by atoms with Gasteiger partial charge in [-0.3, -0.25) is 4.79 Å². The monoisotopic (exact) mass is 313 g/mol. The summed E-state index contributed by atoms with van der Waals surface area (Å²) < 4.78 is 27.0. The van der Waals surface area contributed by atoms with Gasteiger partial charge in [0.25, 0.3) is 0 Å². The number of nitrogen functional groups attached to an aromatic ring is 1. The van der Waals surface area contributed by atoms with Crippen molar-refractivity contribution >= 4 is 21.6 Å². The molecule has 0 bridgehead atoms. The number of anilines is 1. The van der Waals surface area contributed by atoms with Crippen LogP contribution < -0.4 is 15.8 Å². The third kappa shape index (κ3) is 4.71. The second kappa shape index (κ2) is 7.42. The van der Waals surface area contributed by atoms with Crippen molar-refractivity contribution in [1.29, 1.82) is 0 Å². The third-order valence-electron chi connectivity index (χ3n) is 3.19. The van der Waals surface area contributed by atoms with Crippen molar-refractivity contribution in [3.05, 3.63) is 23.3 Å². The van der Waals surface area contributed by atoms with Crippen molar-refractivity contribution in [2.24, 2.45) is 0 Å². The molecule has 1 aromatic rings. The van der Waals surface area contributed by atoms with E-state index >= 15 is 0 Å². The number of carbonyl (C=O) groups excluding carboxylic acids is 1. The lowest BCUT2D eigenvalue weighted by atomic mass is 10.1. The molecule has 0 radical (unpaired) electrons. The first-order valence-corrected chi connectivity index (χ1v) is 8.40. The van der Waals surface area contributed by atoms with E-state index < -0.39 is 10.0 Å². The molecule has 0 saturated carbocycles. The summed E-state index contributed by atoms with van der Waals surface area (Å²) in [7, 11) is -3.72. The molecule has 0 heterocycles. The largest absolute Gasteiger partial charge is 0.398 e. The molecular formula is C14H23N3O3S. The molecule has 0 aliphatic carbocycles. The Kier molecular flexibility index (Phi) is 6.17. The van der Waals surface area contributed by atoms with E-state index in [0.717, 1.165) is 12.0 Å². The SMILES string of the molecule is CCCNC(=O)CCNS(=O)(=O)c1c(N)ccc(C)c1C. The van der Waals surface area contributed by atoms with Gasteiger partial charge >= 0.3 is 0 Å². The Bertz CT molecular complexity index is 612. The van der Waals surface area contributed by atoms with Gasteiger partial charge in [0.1, 0.15) is 4.90 Å². The lowest BCUT2D eigenvalue weighted by Gasteiger charge is -2.13. The number of nitrogens with one attached hydrogen (secondary N) is 2. The number of aryl methyl sites for hydroxylation is 1. The van der Waals surface area contributed by atoms with Gasteiger partial charge in [0, 0.05) is 19.5 Å². The minimum Gasteiger partial charge on any atom is -0.398 e. The number of sulfonamides is 1. The first-order valence-electron chi connectivity index (χ1n) is 6.91. The number of hydrogen-bond donors (Lipinski definition) is 3. The smallest absolute Gasteiger partial charge is 0.242 e. The van der Waals surface area contributed by atoms with E-state index in [9.17, 15) is 13.2 Å². The molecule has 0 aliphatic heterocycles. The van der Waals surface area contributed by atoms with E-state index in [2.05, 4.69) is 10.0 Å². The standard InChI is InChI=1S/C14H23N3O3S/c1-4-8-16-13(18)7-9-17-21(19,20)14-11(3)10(2)5-6-12(14)15/h5-6,17H,4,7-9,15H2,1-3H3,(H,16,18). The van der Waals surface area contributed by atoms with Gasteiger partial charge in [-0.25, -0.2) is 13.1 Å². The van der Waals surface area contributed by atoms with Gasteiger partial charge in [-0.2, -0.15) is 0 Å². The molecule has 0 fully saturated rings. The second-order valence-electron chi connectivity index (χ2n) is 4.92. The van der Waals surface area contributed by atoms with Crippen LogP contribution in [0.4, 0.5) is 5.69 Å². The Morgan fingerprint density at radius 1 is 1.24 bits per heavy atom. The van der Waals surface area contributed by atoms with Crippen molar-refractivity contribution in [1.82, 2.24) is 10.0 Å². The fraction of sp³-hybridized carbons (Fsp3) is 0.500. The van der Waals surface area contributed by atoms with Crippen LogP contribution in [0.3, 0.4) is 0 Å². The molecule has 21 heavy (non-hydrogen) atoms. The normalized spacial score (nSPS) is 11.4. The second-order valence-corrected chi connectivity index (χ2v) is 6.63. The van der Waals surface area contributed by atoms with Gasteiger partial charge in [-0.1, -0.05) is 13.0 Å². The molecule has 1 aromatic carbocycles. The quantitative estimate of drug-likeness (QED) is 0.656. The van der Waals surface area contributed by atoms with E-state index in [1.54, 1.807) is 19.1 Å². The van der Waals surface area contributed by atoms with Crippen LogP contribution in [-0.4, -0.2) is 27.4 Å². The molecule has 0 saturated heterocycles. The molecule has 1 rings (SSSR count). The van der Waals surface area contributed by atoms with Gasteiger partial charge in [0.15, 0.2) is 0 Å². The third-order valence-corrected chi connectivity index (χ3v) is 4.86. The molecule has 0 aromatic heterocycles. The van der Waals surface area contributed by atoms with Crippen molar-refractivity contribution in [3.8, 4) is 0 Å². The van der Waals surface area contributed by atoms with E-state index in [1.165, 1.54) is 0 Å². The number of nitrogens with two attached hydrogens (primary N) is 1. The van der Waals surface area contributed by atoms with Crippen LogP contribution in [-0.2, 0) is 14.8 Å². The lowest BCUT2D eigenvalue weighted by Crippen LogP contribution is -2.31. The van der Waals surface area contributed by atoms with Crippen LogP contribution in [0.15, 0.2) is 17.0 Å². The van der Waals surface area contributed by atoms with Crippen LogP contribution in [0.2, 0.25) is 0 Å². The molecule has 4 N–H and O–H groups in total. The fourth-order valence-electron chi connectivity index (χ4n) is 1.89. The van der Waals surface area contributed by atoms with Crippen LogP contribution in [0.1, 0.15) is 30.9 Å². The van der Waals surface area contributed by atoms with Gasteiger partial charge in [0.05, 0.1) is 5.69 Å². The number of rotatable bonds is 7. The molecule has 6 nitrogen and oxygen atoms in total. The number of carbonyl (C=O) groups is 1. The summed E-state index contributed by atoms with van der Waals surface area (Å²) in [5.41, 5.74) is 7.46. The Morgan fingerprint density at radius 2 is 1.90 bits per heavy atom. The first kappa shape index (κ1) is 17.5. The maximum absolute atomic E-state index is 12.3. The van der Waals surface area contributed by atoms with Crippen LogP contribution in [0, 0.1) is 13.8 Å². The van der Waals surface area contributed by atoms with Crippen LogP contribution >= 0.6 is 0 Å². The Hall–Kier alpha value is -1.60. The highest BCUT2D eigenvalue weighted by Gasteiger charge is 2.21. The topological polar surface area (TPSA) is 101 Å². The van der Waals surface area contributed by atoms with Crippen LogP contribution in [0.5, 0.6) is 0 Å². The summed E-state index contributed by atoms with van der Waals surface area (Å²) in [6, 6.07) is 3.35. The molecule has 0 unspecified atom stereocenters. The van der Waals surface area contributed by atoms with E-state index in [4.69, 9.17) is 5.73 Å². The predicted molar refractivity (Wildman–Crippen MR) is 83.4 cm³/mol. The van der Waals surface area contributed by atoms with Crippen molar-refractivity contribution in [2.45, 2.75) is 38.5 Å². The minimum atomic E-state index is -3.72. The van der Waals surface area contributed by atoms with Gasteiger partial charge in [-0.15, -0.1) is 0 Å². The molecule has 7 heteroatoms. The minimum absolute atomic E-state index is 0.0463. The van der Waals surface area contributed by atoms with Gasteiger partial charge < -0.3 is 11.1 Å². The molecule has 118 valence electrons. The van der Waals surface area contributed by atoms with Gasteiger partial charge in [0.2, 0.25) is 15.9 Å². The van der Waals surface area contributed by atoms with Gasteiger partial charge in [-0.05, 0) is 37.5 Å². The summed E-state index contributed by atoms with van der Waals surface area (Å²) in [5.74, 6) is -0.173. The Balaban J connectivity index is 2.75. The highest BCUT2D eigenvalue weighted by Crippen LogP contribution is 2.24. The number of amides is 1. The Morgan fingerprint density at radius 3 is 2.52 bits per heavy atom. The molecule has 0 spiro atoms. The fourth-order valence-corrected chi connectivity index (χ4v) is 3.35. The van der Waals surface area contributed by atoms with Crippen molar-refractivity contribution in [2.75, 3.05) is 18.8 Å². The average Bonchev–Trinajstić information content (AvgIpc) is 2.40. The average molecular weight is 313 g/mol. The first-order chi connectivity index (χ1) is 9.79. The number of hydrogen-bond acceptors (Lipinski definition) is 4. The van der Waals surface area contributed by atoms with E-state index in [1.807, 2.05) is 13.8 Å². The van der Waals surface area contributed by atoms with Crippen molar-refractivity contribution in [3.63, 3.8) is 0 Å². The Labute approximate surface area is 126 Å². The predicted octanol–water partition coefficient (Wildman–Crippen LogP) is 1.08. The summed E-state index contributed by atoms with van der Waals surface area (Å²) >= 11 is 0. The highest BCUT2D eigenvalue weighted by atomic mass is 32.2. The van der Waals surface area contributed by atoms with E-state index in [0.29, 0.717) is 12.1 Å². The zero-order valence-corrected chi connectivity index (χ0v) is 13.5. The highest BCUT2D eigenvalue weighted by molar-refractivity contribution is 7.89. The van der Waals surface area contributed by atoms with Crippen LogP contribution in [0.25, 0.3) is 0 Å². The zero-order chi connectivity index (χ0) is 16.0. The van der Waals surface area contributed by atoms with E-state index in [-0.39, 0.29) is 29.5 Å². The molecule has 1 amide bonds. The zero-order valence-electron chi connectivity index (χ0n) is 12.7. The summed E-state index contributed by atoms with van der Waals surface area (Å²) in [4.78, 5) is 11.5. The summed E-state index contributed by atoms with van der Waals surface area (Å²) in [6.45, 7) is 6.13. The molecule has 0 atom stereocenters. The lowest BCUT2D eigenvalue weighted by molar-refractivity contribution is -0.120. The molecular weight excluding hydrogens is 290 g/mol. The number of benzene rings is 1.